The summed E-state index contributed by atoms with van der Waals surface area (Å²) >= 11 is 1.38. The summed E-state index contributed by atoms with van der Waals surface area (Å²) in [5.41, 5.74) is 2.13. The Hall–Kier alpha value is -3.07. The average Bonchev–Trinajstić information content (AvgIpc) is 3.42. The van der Waals surface area contributed by atoms with Gasteiger partial charge >= 0.3 is 0 Å². The zero-order valence-electron chi connectivity index (χ0n) is 17.8. The zero-order valence-corrected chi connectivity index (χ0v) is 18.6. The third-order valence-corrected chi connectivity index (χ3v) is 6.36. The van der Waals surface area contributed by atoms with Crippen LogP contribution in [-0.4, -0.2) is 67.8 Å². The van der Waals surface area contributed by atoms with Crippen LogP contribution in [0.3, 0.4) is 0 Å². The molecule has 3 aromatic rings. The van der Waals surface area contributed by atoms with Crippen LogP contribution >= 0.6 is 11.8 Å². The molecule has 1 saturated heterocycles. The number of furan rings is 1. The molecule has 1 fully saturated rings. The van der Waals surface area contributed by atoms with Gasteiger partial charge in [0.25, 0.3) is 5.91 Å². The maximum atomic E-state index is 12.9. The number of carbonyl (C=O) groups excluding carboxylic acids is 2. The van der Waals surface area contributed by atoms with E-state index in [-0.39, 0.29) is 23.6 Å². The standard InChI is InChI=1S/C22H25N5O3S/c1-15-7-4-5-8-18(15)27-17(3)23-24-22(27)31-14-20(28)25-10-11-26(16(2)13-25)21(29)19-9-6-12-30-19/h4-9,12,16H,10-11,13-14H2,1-3H3. The molecule has 0 N–H and O–H groups in total. The fourth-order valence-corrected chi connectivity index (χ4v) is 4.67. The van der Waals surface area contributed by atoms with E-state index in [1.54, 1.807) is 17.0 Å². The summed E-state index contributed by atoms with van der Waals surface area (Å²) in [5.74, 6) is 1.26. The number of para-hydroxylation sites is 1. The Morgan fingerprint density at radius 3 is 2.65 bits per heavy atom. The number of piperazine rings is 1. The Morgan fingerprint density at radius 1 is 1.13 bits per heavy atom. The van der Waals surface area contributed by atoms with Crippen molar-refractivity contribution in [2.45, 2.75) is 32.0 Å². The van der Waals surface area contributed by atoms with Crippen LogP contribution in [0, 0.1) is 13.8 Å². The number of aromatic nitrogens is 3. The highest BCUT2D eigenvalue weighted by atomic mass is 32.2. The average molecular weight is 440 g/mol. The van der Waals surface area contributed by atoms with Crippen molar-refractivity contribution in [3.63, 3.8) is 0 Å². The quantitative estimate of drug-likeness (QED) is 0.569. The summed E-state index contributed by atoms with van der Waals surface area (Å²) in [4.78, 5) is 29.0. The summed E-state index contributed by atoms with van der Waals surface area (Å²) in [6, 6.07) is 11.3. The predicted molar refractivity (Wildman–Crippen MR) is 117 cm³/mol. The first-order chi connectivity index (χ1) is 15.0. The molecular formula is C22H25N5O3S. The van der Waals surface area contributed by atoms with E-state index in [4.69, 9.17) is 4.42 Å². The lowest BCUT2D eigenvalue weighted by atomic mass is 10.1. The van der Waals surface area contributed by atoms with Gasteiger partial charge in [-0.2, -0.15) is 0 Å². The van der Waals surface area contributed by atoms with E-state index in [9.17, 15) is 9.59 Å². The number of aryl methyl sites for hydroxylation is 2. The summed E-state index contributed by atoms with van der Waals surface area (Å²) in [6.45, 7) is 7.37. The number of rotatable bonds is 5. The van der Waals surface area contributed by atoms with Crippen molar-refractivity contribution in [2.24, 2.45) is 0 Å². The number of amides is 2. The van der Waals surface area contributed by atoms with E-state index in [0.29, 0.717) is 30.6 Å². The molecule has 1 aliphatic rings. The van der Waals surface area contributed by atoms with Crippen LogP contribution in [0.1, 0.15) is 28.9 Å². The van der Waals surface area contributed by atoms with Gasteiger partial charge in [0.2, 0.25) is 5.91 Å². The van der Waals surface area contributed by atoms with Crippen molar-refractivity contribution in [3.05, 3.63) is 59.8 Å². The van der Waals surface area contributed by atoms with E-state index >= 15 is 0 Å². The van der Waals surface area contributed by atoms with Gasteiger partial charge in [-0.25, -0.2) is 0 Å². The van der Waals surface area contributed by atoms with Gasteiger partial charge in [-0.15, -0.1) is 10.2 Å². The molecule has 0 radical (unpaired) electrons. The van der Waals surface area contributed by atoms with Crippen molar-refractivity contribution >= 4 is 23.6 Å². The third kappa shape index (κ3) is 4.36. The fourth-order valence-electron chi connectivity index (χ4n) is 3.77. The van der Waals surface area contributed by atoms with Crippen molar-refractivity contribution in [2.75, 3.05) is 25.4 Å². The largest absolute Gasteiger partial charge is 0.459 e. The number of hydrogen-bond donors (Lipinski definition) is 0. The number of hydrogen-bond acceptors (Lipinski definition) is 6. The second-order valence-electron chi connectivity index (χ2n) is 7.60. The molecule has 8 nitrogen and oxygen atoms in total. The molecule has 1 atom stereocenters. The van der Waals surface area contributed by atoms with Crippen LogP contribution in [-0.2, 0) is 4.79 Å². The number of thioether (sulfide) groups is 1. The van der Waals surface area contributed by atoms with Gasteiger partial charge in [-0.3, -0.25) is 14.2 Å². The van der Waals surface area contributed by atoms with Gasteiger partial charge in [0.05, 0.1) is 17.7 Å². The Balaban J connectivity index is 1.39. The van der Waals surface area contributed by atoms with Crippen LogP contribution in [0.5, 0.6) is 0 Å². The minimum atomic E-state index is -0.138. The highest BCUT2D eigenvalue weighted by Crippen LogP contribution is 2.24. The molecule has 0 spiro atoms. The first-order valence-corrected chi connectivity index (χ1v) is 11.2. The molecule has 2 aromatic heterocycles. The van der Waals surface area contributed by atoms with Gasteiger partial charge in [0.15, 0.2) is 10.9 Å². The molecule has 0 saturated carbocycles. The van der Waals surface area contributed by atoms with E-state index in [2.05, 4.69) is 10.2 Å². The summed E-state index contributed by atoms with van der Waals surface area (Å²) in [5, 5.41) is 9.17. The SMILES string of the molecule is Cc1ccccc1-n1c(C)nnc1SCC(=O)N1CCN(C(=O)c2ccco2)C(C)C1. The van der Waals surface area contributed by atoms with Crippen LogP contribution in [0.25, 0.3) is 5.69 Å². The van der Waals surface area contributed by atoms with Crippen molar-refractivity contribution in [1.82, 2.24) is 24.6 Å². The van der Waals surface area contributed by atoms with Gasteiger partial charge in [-0.05, 0) is 44.5 Å². The molecule has 1 aliphatic heterocycles. The van der Waals surface area contributed by atoms with E-state index in [1.165, 1.54) is 18.0 Å². The molecule has 3 heterocycles. The molecule has 162 valence electrons. The first kappa shape index (κ1) is 21.2. The molecule has 9 heteroatoms. The van der Waals surface area contributed by atoms with Crippen LogP contribution in [0.15, 0.2) is 52.2 Å². The maximum Gasteiger partial charge on any atom is 0.289 e. The van der Waals surface area contributed by atoms with Crippen molar-refractivity contribution in [1.29, 1.82) is 0 Å². The molecule has 31 heavy (non-hydrogen) atoms. The summed E-state index contributed by atoms with van der Waals surface area (Å²) < 4.78 is 7.21. The van der Waals surface area contributed by atoms with Gasteiger partial charge < -0.3 is 14.2 Å². The summed E-state index contributed by atoms with van der Waals surface area (Å²) in [6.07, 6.45) is 1.49. The third-order valence-electron chi connectivity index (χ3n) is 5.45. The minimum Gasteiger partial charge on any atom is -0.459 e. The van der Waals surface area contributed by atoms with Crippen LogP contribution in [0.2, 0.25) is 0 Å². The van der Waals surface area contributed by atoms with Crippen molar-refractivity contribution in [3.8, 4) is 5.69 Å². The Labute approximate surface area is 185 Å². The van der Waals surface area contributed by atoms with Gasteiger partial charge in [0.1, 0.15) is 5.82 Å². The van der Waals surface area contributed by atoms with E-state index in [1.807, 2.05) is 54.5 Å². The minimum absolute atomic E-state index is 0.0268. The smallest absolute Gasteiger partial charge is 0.289 e. The molecule has 4 rings (SSSR count). The van der Waals surface area contributed by atoms with Crippen LogP contribution in [0.4, 0.5) is 0 Å². The Morgan fingerprint density at radius 2 is 1.94 bits per heavy atom. The van der Waals surface area contributed by atoms with Gasteiger partial charge in [-0.1, -0.05) is 30.0 Å². The Kier molecular flexibility index (Phi) is 6.13. The maximum absolute atomic E-state index is 12.9. The van der Waals surface area contributed by atoms with E-state index < -0.39 is 0 Å². The number of nitrogens with zero attached hydrogens (tertiary/aromatic N) is 5. The Bertz CT molecular complexity index is 1080. The lowest BCUT2D eigenvalue weighted by Crippen LogP contribution is -2.55. The second kappa shape index (κ2) is 8.97. The predicted octanol–water partition coefficient (Wildman–Crippen LogP) is 2.94. The number of carbonyl (C=O) groups is 2. The van der Waals surface area contributed by atoms with Crippen LogP contribution < -0.4 is 0 Å². The normalized spacial score (nSPS) is 16.5. The molecular weight excluding hydrogens is 414 g/mol. The van der Waals surface area contributed by atoms with E-state index in [0.717, 1.165) is 17.1 Å². The number of benzene rings is 1. The van der Waals surface area contributed by atoms with Crippen molar-refractivity contribution < 1.29 is 14.0 Å². The highest BCUT2D eigenvalue weighted by molar-refractivity contribution is 7.99. The molecule has 0 bridgehead atoms. The highest BCUT2D eigenvalue weighted by Gasteiger charge is 2.31. The summed E-state index contributed by atoms with van der Waals surface area (Å²) in [7, 11) is 0. The fraction of sp³-hybridized carbons (Fsp3) is 0.364. The molecule has 2 amide bonds. The zero-order chi connectivity index (χ0) is 22.0. The second-order valence-corrected chi connectivity index (χ2v) is 8.55. The molecule has 1 unspecified atom stereocenters. The van der Waals surface area contributed by atoms with Gasteiger partial charge in [0, 0.05) is 25.7 Å². The molecule has 0 aliphatic carbocycles. The first-order valence-electron chi connectivity index (χ1n) is 10.2. The molecule has 1 aromatic carbocycles. The lowest BCUT2D eigenvalue weighted by molar-refractivity contribution is -0.130. The lowest BCUT2D eigenvalue weighted by Gasteiger charge is -2.39. The monoisotopic (exact) mass is 439 g/mol. The topological polar surface area (TPSA) is 84.5 Å².